The molecular formula is C35H29N3. The molecule has 0 fully saturated rings. The maximum atomic E-state index is 7.65. The summed E-state index contributed by atoms with van der Waals surface area (Å²) in [5, 5.41) is 0. The second-order valence-corrected chi connectivity index (χ2v) is 9.11. The van der Waals surface area contributed by atoms with Gasteiger partial charge in [-0.25, -0.2) is 4.85 Å². The van der Waals surface area contributed by atoms with Crippen LogP contribution >= 0.6 is 0 Å². The van der Waals surface area contributed by atoms with Crippen molar-refractivity contribution in [2.45, 2.75) is 13.8 Å². The highest BCUT2D eigenvalue weighted by Gasteiger charge is 2.21. The highest BCUT2D eigenvalue weighted by molar-refractivity contribution is 5.88. The molecule has 0 radical (unpaired) electrons. The van der Waals surface area contributed by atoms with E-state index in [4.69, 9.17) is 6.57 Å². The largest absolute Gasteiger partial charge is 0.310 e. The smallest absolute Gasteiger partial charge is 0.163 e. The Balaban J connectivity index is 1.78. The van der Waals surface area contributed by atoms with Gasteiger partial charge in [0.05, 0.1) is 12.3 Å². The van der Waals surface area contributed by atoms with E-state index in [1.165, 1.54) is 0 Å². The molecule has 38 heavy (non-hydrogen) atoms. The van der Waals surface area contributed by atoms with Gasteiger partial charge in [-0.1, -0.05) is 78.9 Å². The van der Waals surface area contributed by atoms with Crippen LogP contribution in [0.2, 0.25) is 0 Å². The summed E-state index contributed by atoms with van der Waals surface area (Å²) < 4.78 is 0. The average Bonchev–Trinajstić information content (AvgIpc) is 2.97. The summed E-state index contributed by atoms with van der Waals surface area (Å²) >= 11 is 0. The Kier molecular flexibility index (Phi) is 7.34. The van der Waals surface area contributed by atoms with Gasteiger partial charge in [0.15, 0.2) is 5.70 Å². The van der Waals surface area contributed by atoms with Gasteiger partial charge in [0.25, 0.3) is 0 Å². The lowest BCUT2D eigenvalue weighted by Gasteiger charge is -2.31. The van der Waals surface area contributed by atoms with Crippen LogP contribution < -0.4 is 9.80 Å². The van der Waals surface area contributed by atoms with Crippen molar-refractivity contribution in [2.24, 2.45) is 0 Å². The van der Waals surface area contributed by atoms with Crippen LogP contribution in [0.4, 0.5) is 34.1 Å². The third kappa shape index (κ3) is 5.21. The zero-order valence-corrected chi connectivity index (χ0v) is 21.6. The van der Waals surface area contributed by atoms with E-state index in [0.29, 0.717) is 5.70 Å². The predicted molar refractivity (Wildman–Crippen MR) is 161 cm³/mol. The Morgan fingerprint density at radius 2 is 0.947 bits per heavy atom. The van der Waals surface area contributed by atoms with Crippen LogP contribution in [-0.2, 0) is 0 Å². The van der Waals surface area contributed by atoms with Gasteiger partial charge in [-0.15, -0.1) is 0 Å². The Morgan fingerprint density at radius 1 is 0.579 bits per heavy atom. The molecule has 0 aliphatic heterocycles. The maximum absolute atomic E-state index is 7.65. The Hall–Kier alpha value is -5.07. The zero-order valence-electron chi connectivity index (χ0n) is 21.6. The summed E-state index contributed by atoms with van der Waals surface area (Å²) in [5.74, 6) is 0. The van der Waals surface area contributed by atoms with Crippen molar-refractivity contribution < 1.29 is 0 Å². The van der Waals surface area contributed by atoms with Gasteiger partial charge >= 0.3 is 0 Å². The second-order valence-electron chi connectivity index (χ2n) is 9.11. The lowest BCUT2D eigenvalue weighted by Crippen LogP contribution is -2.15. The number of allylic oxidation sites excluding steroid dienone is 1. The molecule has 184 valence electrons. The highest BCUT2D eigenvalue weighted by Crippen LogP contribution is 2.43. The van der Waals surface area contributed by atoms with E-state index in [-0.39, 0.29) is 0 Å². The van der Waals surface area contributed by atoms with Gasteiger partial charge in [0.1, 0.15) is 0 Å². The van der Waals surface area contributed by atoms with Gasteiger partial charge in [-0.05, 0) is 85.6 Å². The van der Waals surface area contributed by atoms with Crippen LogP contribution in [0.3, 0.4) is 0 Å². The molecule has 0 atom stereocenters. The molecule has 0 bridgehead atoms. The molecule has 3 nitrogen and oxygen atoms in total. The minimum atomic E-state index is 0.632. The molecule has 0 unspecified atom stereocenters. The highest BCUT2D eigenvalue weighted by atomic mass is 15.2. The van der Waals surface area contributed by atoms with Crippen molar-refractivity contribution in [2.75, 3.05) is 9.80 Å². The summed E-state index contributed by atoms with van der Waals surface area (Å²) in [6.45, 7) is 11.7. The van der Waals surface area contributed by atoms with Crippen LogP contribution in [0, 0.1) is 13.5 Å². The number of rotatable bonds is 7. The lowest BCUT2D eigenvalue weighted by atomic mass is 10.0. The number of hydrogen-bond donors (Lipinski definition) is 0. The summed E-state index contributed by atoms with van der Waals surface area (Å²) in [4.78, 5) is 8.26. The molecule has 0 aromatic heterocycles. The molecule has 5 rings (SSSR count). The van der Waals surface area contributed by atoms with E-state index >= 15 is 0 Å². The van der Waals surface area contributed by atoms with Gasteiger partial charge < -0.3 is 9.80 Å². The van der Waals surface area contributed by atoms with Gasteiger partial charge in [-0.2, -0.15) is 0 Å². The van der Waals surface area contributed by atoms with Crippen molar-refractivity contribution in [3.05, 3.63) is 162 Å². The van der Waals surface area contributed by atoms with Gasteiger partial charge in [-0.3, -0.25) is 0 Å². The van der Waals surface area contributed by atoms with Gasteiger partial charge in [0.2, 0.25) is 0 Å². The lowest BCUT2D eigenvalue weighted by molar-refractivity contribution is 1.22. The number of hydrogen-bond acceptors (Lipinski definition) is 2. The zero-order chi connectivity index (χ0) is 26.3. The molecule has 0 amide bonds. The van der Waals surface area contributed by atoms with Crippen LogP contribution in [0.5, 0.6) is 0 Å². The second kappa shape index (κ2) is 11.3. The molecule has 0 aliphatic carbocycles. The number of aryl methyl sites for hydroxylation is 1. The molecule has 0 spiro atoms. The fraction of sp³-hybridized carbons (Fsp3) is 0.0571. The van der Waals surface area contributed by atoms with E-state index in [1.807, 2.05) is 37.3 Å². The molecule has 0 heterocycles. The van der Waals surface area contributed by atoms with E-state index in [9.17, 15) is 0 Å². The fourth-order valence-corrected chi connectivity index (χ4v) is 4.67. The van der Waals surface area contributed by atoms with Crippen molar-refractivity contribution in [1.82, 2.24) is 0 Å². The molecule has 0 N–H and O–H groups in total. The Labute approximate surface area is 225 Å². The summed E-state index contributed by atoms with van der Waals surface area (Å²) in [6.07, 6.45) is 1.98. The molecule has 0 saturated heterocycles. The summed E-state index contributed by atoms with van der Waals surface area (Å²) in [6, 6.07) is 46.0. The van der Waals surface area contributed by atoms with Crippen molar-refractivity contribution >= 4 is 40.2 Å². The van der Waals surface area contributed by atoms with Gasteiger partial charge in [0, 0.05) is 28.4 Å². The normalized spacial score (nSPS) is 11.0. The van der Waals surface area contributed by atoms with E-state index in [0.717, 1.165) is 45.3 Å². The Bertz CT molecular complexity index is 1490. The van der Waals surface area contributed by atoms with E-state index in [1.54, 1.807) is 0 Å². The molecule has 5 aromatic rings. The number of anilines is 6. The first kappa shape index (κ1) is 24.6. The SMILES string of the molecule is [C-]#[N+]/C(C)=C\c1cc(N(c2ccccc2)c2ccccc2)c(C)cc1N(c1ccccc1)c1ccccc1. The third-order valence-corrected chi connectivity index (χ3v) is 6.43. The van der Waals surface area contributed by atoms with Crippen molar-refractivity contribution in [1.29, 1.82) is 0 Å². The van der Waals surface area contributed by atoms with Crippen LogP contribution in [0.15, 0.2) is 139 Å². The first-order chi connectivity index (χ1) is 18.7. The molecule has 5 aromatic carbocycles. The number of benzene rings is 5. The van der Waals surface area contributed by atoms with Crippen molar-refractivity contribution in [3.8, 4) is 0 Å². The van der Waals surface area contributed by atoms with E-state index in [2.05, 4.69) is 131 Å². The Morgan fingerprint density at radius 3 is 1.32 bits per heavy atom. The first-order valence-corrected chi connectivity index (χ1v) is 12.7. The number of nitrogens with zero attached hydrogens (tertiary/aromatic N) is 3. The maximum Gasteiger partial charge on any atom is 0.163 e. The quantitative estimate of drug-likeness (QED) is 0.210. The summed E-state index contributed by atoms with van der Waals surface area (Å²) in [7, 11) is 0. The van der Waals surface area contributed by atoms with Crippen molar-refractivity contribution in [3.63, 3.8) is 0 Å². The molecular weight excluding hydrogens is 462 g/mol. The first-order valence-electron chi connectivity index (χ1n) is 12.7. The van der Waals surface area contributed by atoms with Crippen LogP contribution in [0.1, 0.15) is 18.1 Å². The van der Waals surface area contributed by atoms with Crippen LogP contribution in [0.25, 0.3) is 10.9 Å². The molecule has 3 heteroatoms. The monoisotopic (exact) mass is 491 g/mol. The standard InChI is InChI=1S/C35H29N3/c1-27-24-35(38(32-20-12-6-13-21-32)33-22-14-7-15-23-33)29(25-28(2)36-3)26-34(27)37(30-16-8-4-9-17-30)31-18-10-5-11-19-31/h4-26H,1-2H3/b28-25-. The topological polar surface area (TPSA) is 10.8 Å². The predicted octanol–water partition coefficient (Wildman–Crippen LogP) is 10.2. The fourth-order valence-electron chi connectivity index (χ4n) is 4.67. The molecule has 0 aliphatic rings. The van der Waals surface area contributed by atoms with E-state index < -0.39 is 0 Å². The summed E-state index contributed by atoms with van der Waals surface area (Å²) in [5.41, 5.74) is 9.10. The van der Waals surface area contributed by atoms with Crippen LogP contribution in [-0.4, -0.2) is 0 Å². The average molecular weight is 492 g/mol. The minimum Gasteiger partial charge on any atom is -0.310 e. The third-order valence-electron chi connectivity index (χ3n) is 6.43. The minimum absolute atomic E-state index is 0.632. The number of para-hydroxylation sites is 4. The molecule has 0 saturated carbocycles.